The number of aromatic nitrogens is 2. The molecule has 4 rings (SSSR count). The Morgan fingerprint density at radius 2 is 1.89 bits per heavy atom. The number of para-hydroxylation sites is 1. The third-order valence-electron chi connectivity index (χ3n) is 5.16. The van der Waals surface area contributed by atoms with Crippen molar-refractivity contribution in [3.8, 4) is 0 Å². The van der Waals surface area contributed by atoms with Gasteiger partial charge in [-0.3, -0.25) is 4.79 Å². The van der Waals surface area contributed by atoms with E-state index in [-0.39, 0.29) is 11.9 Å². The number of anilines is 1. The van der Waals surface area contributed by atoms with Gasteiger partial charge in [-0.15, -0.1) is 0 Å². The molecule has 0 spiro atoms. The van der Waals surface area contributed by atoms with Gasteiger partial charge < -0.3 is 10.2 Å². The smallest absolute Gasteiger partial charge is 0.251 e. The van der Waals surface area contributed by atoms with Crippen LogP contribution in [0.15, 0.2) is 48.8 Å². The first-order chi connectivity index (χ1) is 13.1. The first-order valence-electron chi connectivity index (χ1n) is 9.14. The van der Waals surface area contributed by atoms with Crippen molar-refractivity contribution < 1.29 is 4.79 Å². The number of hydrogen-bond acceptors (Lipinski definition) is 4. The van der Waals surface area contributed by atoms with Crippen LogP contribution in [-0.2, 0) is 0 Å². The summed E-state index contributed by atoms with van der Waals surface area (Å²) in [4.78, 5) is 23.7. The highest BCUT2D eigenvalue weighted by Crippen LogP contribution is 2.26. The van der Waals surface area contributed by atoms with Crippen molar-refractivity contribution in [3.05, 3.63) is 64.9 Å². The van der Waals surface area contributed by atoms with Gasteiger partial charge in [0.05, 0.1) is 5.52 Å². The van der Waals surface area contributed by atoms with E-state index in [1.165, 1.54) is 0 Å². The van der Waals surface area contributed by atoms with Crippen LogP contribution >= 0.6 is 11.6 Å². The molecule has 1 aliphatic heterocycles. The summed E-state index contributed by atoms with van der Waals surface area (Å²) in [5.74, 6) is 0.914. The van der Waals surface area contributed by atoms with Crippen LogP contribution in [0.25, 0.3) is 10.9 Å². The van der Waals surface area contributed by atoms with Gasteiger partial charge in [0.1, 0.15) is 12.1 Å². The van der Waals surface area contributed by atoms with E-state index in [0.717, 1.165) is 48.2 Å². The maximum atomic E-state index is 12.6. The molecule has 0 atom stereocenters. The van der Waals surface area contributed by atoms with E-state index in [4.69, 9.17) is 11.6 Å². The third kappa shape index (κ3) is 3.60. The monoisotopic (exact) mass is 380 g/mol. The molecular formula is C21H21ClN4O. The molecule has 1 N–H and O–H groups in total. The van der Waals surface area contributed by atoms with Crippen LogP contribution in [0.2, 0.25) is 5.02 Å². The highest BCUT2D eigenvalue weighted by Gasteiger charge is 2.23. The number of nitrogens with one attached hydrogen (secondary N) is 1. The lowest BCUT2D eigenvalue weighted by Crippen LogP contribution is -2.45. The Bertz CT molecular complexity index is 978. The van der Waals surface area contributed by atoms with E-state index in [1.54, 1.807) is 12.4 Å². The van der Waals surface area contributed by atoms with Crippen LogP contribution < -0.4 is 10.2 Å². The Kier molecular flexibility index (Phi) is 4.94. The van der Waals surface area contributed by atoms with Gasteiger partial charge in [0.15, 0.2) is 0 Å². The Hall–Kier alpha value is -2.66. The molecule has 0 saturated carbocycles. The number of fused-ring (bicyclic) bond motifs is 1. The number of carbonyl (C=O) groups excluding carboxylic acids is 1. The summed E-state index contributed by atoms with van der Waals surface area (Å²) >= 11 is 6.14. The Labute approximate surface area is 163 Å². The molecule has 27 heavy (non-hydrogen) atoms. The van der Waals surface area contributed by atoms with Crippen molar-refractivity contribution in [2.75, 3.05) is 18.0 Å². The molecule has 1 aromatic heterocycles. The molecule has 2 heterocycles. The van der Waals surface area contributed by atoms with Gasteiger partial charge >= 0.3 is 0 Å². The quantitative estimate of drug-likeness (QED) is 0.746. The second kappa shape index (κ2) is 7.53. The molecular weight excluding hydrogens is 360 g/mol. The molecule has 1 fully saturated rings. The van der Waals surface area contributed by atoms with Crippen LogP contribution in [0.4, 0.5) is 5.82 Å². The second-order valence-corrected chi connectivity index (χ2v) is 7.27. The van der Waals surface area contributed by atoms with Gasteiger partial charge in [-0.05, 0) is 49.6 Å². The Balaban J connectivity index is 1.43. The number of nitrogens with zero attached hydrogens (tertiary/aromatic N) is 3. The minimum absolute atomic E-state index is 0.0547. The van der Waals surface area contributed by atoms with E-state index in [1.807, 2.05) is 37.3 Å². The van der Waals surface area contributed by atoms with Crippen molar-refractivity contribution in [2.24, 2.45) is 0 Å². The SMILES string of the molecule is Cc1c(Cl)cccc1C(=O)NC1CCN(c2ncnc3ccccc23)CC1. The summed E-state index contributed by atoms with van der Waals surface area (Å²) < 4.78 is 0. The number of piperidine rings is 1. The lowest BCUT2D eigenvalue weighted by atomic mass is 10.0. The Morgan fingerprint density at radius 3 is 2.70 bits per heavy atom. The van der Waals surface area contributed by atoms with Crippen LogP contribution in [0.3, 0.4) is 0 Å². The zero-order chi connectivity index (χ0) is 18.8. The zero-order valence-electron chi connectivity index (χ0n) is 15.2. The molecule has 1 amide bonds. The summed E-state index contributed by atoms with van der Waals surface area (Å²) in [7, 11) is 0. The van der Waals surface area contributed by atoms with Gasteiger partial charge in [0, 0.05) is 35.1 Å². The molecule has 1 saturated heterocycles. The fourth-order valence-corrected chi connectivity index (χ4v) is 3.77. The van der Waals surface area contributed by atoms with E-state index in [0.29, 0.717) is 10.6 Å². The summed E-state index contributed by atoms with van der Waals surface area (Å²) in [6.45, 7) is 3.57. The summed E-state index contributed by atoms with van der Waals surface area (Å²) in [6.07, 6.45) is 3.38. The highest BCUT2D eigenvalue weighted by molar-refractivity contribution is 6.31. The number of amides is 1. The molecule has 0 bridgehead atoms. The average molecular weight is 381 g/mol. The number of halogens is 1. The molecule has 3 aromatic rings. The van der Waals surface area contributed by atoms with Crippen molar-refractivity contribution in [1.82, 2.24) is 15.3 Å². The summed E-state index contributed by atoms with van der Waals surface area (Å²) in [5.41, 5.74) is 2.42. The lowest BCUT2D eigenvalue weighted by molar-refractivity contribution is 0.0930. The van der Waals surface area contributed by atoms with Gasteiger partial charge in [-0.2, -0.15) is 0 Å². The number of rotatable bonds is 3. The zero-order valence-corrected chi connectivity index (χ0v) is 15.9. The minimum Gasteiger partial charge on any atom is -0.356 e. The van der Waals surface area contributed by atoms with E-state index >= 15 is 0 Å². The number of benzene rings is 2. The van der Waals surface area contributed by atoms with Crippen molar-refractivity contribution in [2.45, 2.75) is 25.8 Å². The second-order valence-electron chi connectivity index (χ2n) is 6.86. The maximum Gasteiger partial charge on any atom is 0.251 e. The molecule has 138 valence electrons. The number of carbonyl (C=O) groups is 1. The lowest BCUT2D eigenvalue weighted by Gasteiger charge is -2.33. The molecule has 0 unspecified atom stereocenters. The minimum atomic E-state index is -0.0547. The molecule has 6 heteroatoms. The van der Waals surface area contributed by atoms with Crippen LogP contribution in [0.5, 0.6) is 0 Å². The van der Waals surface area contributed by atoms with Gasteiger partial charge in [0.2, 0.25) is 0 Å². The van der Waals surface area contributed by atoms with Crippen molar-refractivity contribution in [1.29, 1.82) is 0 Å². The highest BCUT2D eigenvalue weighted by atomic mass is 35.5. The standard InChI is InChI=1S/C21H21ClN4O/c1-14-16(6-4-7-18(14)22)21(27)25-15-9-11-26(12-10-15)20-17-5-2-3-8-19(17)23-13-24-20/h2-8,13,15H,9-12H2,1H3,(H,25,27). The van der Waals surface area contributed by atoms with Crippen LogP contribution in [-0.4, -0.2) is 35.0 Å². The summed E-state index contributed by atoms with van der Waals surface area (Å²) in [5, 5.41) is 4.84. The predicted octanol–water partition coefficient (Wildman–Crippen LogP) is 3.99. The molecule has 1 aliphatic rings. The van der Waals surface area contributed by atoms with E-state index < -0.39 is 0 Å². The van der Waals surface area contributed by atoms with Crippen molar-refractivity contribution in [3.63, 3.8) is 0 Å². The Morgan fingerprint density at radius 1 is 1.11 bits per heavy atom. The fraction of sp³-hybridized carbons (Fsp3) is 0.286. The number of hydrogen-bond donors (Lipinski definition) is 1. The first kappa shape index (κ1) is 17.7. The maximum absolute atomic E-state index is 12.6. The van der Waals surface area contributed by atoms with E-state index in [9.17, 15) is 4.79 Å². The topological polar surface area (TPSA) is 58.1 Å². The van der Waals surface area contributed by atoms with Gasteiger partial charge in [-0.25, -0.2) is 9.97 Å². The van der Waals surface area contributed by atoms with Crippen LogP contribution in [0, 0.1) is 6.92 Å². The first-order valence-corrected chi connectivity index (χ1v) is 9.52. The molecule has 5 nitrogen and oxygen atoms in total. The largest absolute Gasteiger partial charge is 0.356 e. The van der Waals surface area contributed by atoms with Crippen molar-refractivity contribution >= 4 is 34.2 Å². The molecule has 2 aromatic carbocycles. The third-order valence-corrected chi connectivity index (χ3v) is 5.57. The fourth-order valence-electron chi connectivity index (χ4n) is 3.59. The normalized spacial score (nSPS) is 15.1. The predicted molar refractivity (Wildman–Crippen MR) is 108 cm³/mol. The van der Waals surface area contributed by atoms with Gasteiger partial charge in [0.25, 0.3) is 5.91 Å². The van der Waals surface area contributed by atoms with Gasteiger partial charge in [-0.1, -0.05) is 29.8 Å². The molecule has 0 radical (unpaired) electrons. The average Bonchev–Trinajstić information content (AvgIpc) is 2.70. The molecule has 0 aliphatic carbocycles. The van der Waals surface area contributed by atoms with E-state index in [2.05, 4.69) is 26.3 Å². The van der Waals surface area contributed by atoms with Crippen LogP contribution in [0.1, 0.15) is 28.8 Å². The summed E-state index contributed by atoms with van der Waals surface area (Å²) in [6, 6.07) is 13.6.